The summed E-state index contributed by atoms with van der Waals surface area (Å²) in [6.07, 6.45) is 0. The average molecular weight is 1450 g/mol. The van der Waals surface area contributed by atoms with Crippen LogP contribution in [-0.4, -0.2) is 42.3 Å². The molecule has 0 aliphatic carbocycles. The van der Waals surface area contributed by atoms with Crippen LogP contribution >= 0.6 is 0 Å². The van der Waals surface area contributed by atoms with Crippen molar-refractivity contribution in [3.05, 3.63) is 461 Å². The number of hydrogen-bond acceptors (Lipinski definition) is 6. The lowest BCUT2D eigenvalue weighted by molar-refractivity contribution is 1.21. The summed E-state index contributed by atoms with van der Waals surface area (Å²) in [5.74, 6) is 0. The van der Waals surface area contributed by atoms with Crippen LogP contribution in [0.1, 0.15) is 0 Å². The lowest BCUT2D eigenvalue weighted by atomic mass is 10.0. The van der Waals surface area contributed by atoms with Gasteiger partial charge in [0.2, 0.25) is 0 Å². The quantitative estimate of drug-likeness (QED) is 0.107. The van der Waals surface area contributed by atoms with Crippen LogP contribution in [0.4, 0.5) is 68.2 Å². The maximum atomic E-state index is 2.28. The third-order valence-corrected chi connectivity index (χ3v) is 20.1. The van der Waals surface area contributed by atoms with Gasteiger partial charge in [-0.05, 0) is 177 Å². The highest BCUT2D eigenvalue weighted by atomic mass is 15.1. The van der Waals surface area contributed by atoms with Crippen molar-refractivity contribution in [2.24, 2.45) is 0 Å². The topological polar surface area (TPSA) is 19.4 Å². The predicted octanol–water partition coefficient (Wildman–Crippen LogP) is 28.7. The van der Waals surface area contributed by atoms with Gasteiger partial charge in [-0.25, -0.2) is 0 Å². The Morgan fingerprint density at radius 1 is 0.125 bits per heavy atom. The van der Waals surface area contributed by atoms with Gasteiger partial charge in [0.15, 0.2) is 0 Å². The first-order valence-electron chi connectivity index (χ1n) is 38.1. The summed E-state index contributed by atoms with van der Waals surface area (Å²) in [6, 6.07) is 160. The normalized spacial score (nSPS) is 10.4. The van der Waals surface area contributed by atoms with Crippen LogP contribution in [-0.2, 0) is 0 Å². The molecule has 0 spiro atoms. The van der Waals surface area contributed by atoms with Gasteiger partial charge in [0.1, 0.15) is 0 Å². The second-order valence-electron chi connectivity index (χ2n) is 27.2. The van der Waals surface area contributed by atoms with Gasteiger partial charge in [-0.3, -0.25) is 0 Å². The summed E-state index contributed by atoms with van der Waals surface area (Å²) in [5.41, 5.74) is 19.5. The summed E-state index contributed by atoms with van der Waals surface area (Å²) in [5, 5.41) is 10.2. The van der Waals surface area contributed by atoms with Gasteiger partial charge in [-0.2, -0.15) is 0 Å². The molecule has 0 radical (unpaired) electrons. The van der Waals surface area contributed by atoms with Crippen molar-refractivity contribution >= 4 is 111 Å². The summed E-state index contributed by atoms with van der Waals surface area (Å²) >= 11 is 0. The van der Waals surface area contributed by atoms with Crippen LogP contribution in [0, 0.1) is 0 Å². The largest absolute Gasteiger partial charge is 0.345 e. The molecule has 0 N–H and O–H groups in total. The summed E-state index contributed by atoms with van der Waals surface area (Å²) in [6.45, 7) is 0. The Morgan fingerprint density at radius 2 is 0.348 bits per heavy atom. The Balaban J connectivity index is 0.000000118. The maximum Gasteiger partial charge on any atom is 0.0487 e. The van der Waals surface area contributed by atoms with E-state index in [1.165, 1.54) is 134 Å². The van der Waals surface area contributed by atoms with Crippen molar-refractivity contribution in [3.63, 3.8) is 0 Å². The highest BCUT2D eigenvalue weighted by Crippen LogP contribution is 2.37. The molecular formula is C106H94N6. The van der Waals surface area contributed by atoms with Crippen LogP contribution in [0.15, 0.2) is 461 Å². The SMILES string of the molecule is CN(c1cccc2ccccc12)c1cccc2ccccc12.CN(c1ccccc1)c1ccc(-c2ccccc2)cc1.CN(c1ccccc1)c1ccc2ccccc2c1.CN(c1ccccc1)c1cccc(-c2ccccc2)c1.CN(c1ccccc1)c1cccc2ccccc12.CN(c1ccccc1)c1ccccc1. The summed E-state index contributed by atoms with van der Waals surface area (Å²) < 4.78 is 0. The van der Waals surface area contributed by atoms with E-state index < -0.39 is 0 Å². The maximum absolute atomic E-state index is 2.28. The monoisotopic (exact) mass is 1450 g/mol. The van der Waals surface area contributed by atoms with Gasteiger partial charge in [0.25, 0.3) is 0 Å². The van der Waals surface area contributed by atoms with Crippen molar-refractivity contribution in [2.45, 2.75) is 0 Å². The van der Waals surface area contributed by atoms with E-state index in [9.17, 15) is 0 Å². The molecule has 0 atom stereocenters. The minimum Gasteiger partial charge on any atom is -0.345 e. The average Bonchev–Trinajstić information content (AvgIpc) is 0.784. The van der Waals surface area contributed by atoms with Crippen LogP contribution < -0.4 is 29.4 Å². The van der Waals surface area contributed by atoms with Gasteiger partial charge in [-0.1, -0.05) is 334 Å². The van der Waals surface area contributed by atoms with Crippen molar-refractivity contribution in [1.29, 1.82) is 0 Å². The number of anilines is 12. The molecule has 112 heavy (non-hydrogen) atoms. The fourth-order valence-electron chi connectivity index (χ4n) is 13.7. The molecule has 6 heteroatoms. The molecule has 0 saturated carbocycles. The Hall–Kier alpha value is -14.2. The van der Waals surface area contributed by atoms with Crippen LogP contribution in [0.25, 0.3) is 65.3 Å². The van der Waals surface area contributed by atoms with E-state index >= 15 is 0 Å². The number of rotatable bonds is 14. The number of benzene rings is 18. The highest BCUT2D eigenvalue weighted by Gasteiger charge is 2.13. The van der Waals surface area contributed by atoms with E-state index in [2.05, 4.69) is 484 Å². The molecule has 0 amide bonds. The Morgan fingerprint density at radius 3 is 0.723 bits per heavy atom. The second-order valence-corrected chi connectivity index (χ2v) is 27.2. The highest BCUT2D eigenvalue weighted by molar-refractivity contribution is 6.02. The lowest BCUT2D eigenvalue weighted by Crippen LogP contribution is -2.10. The molecule has 18 aromatic carbocycles. The third-order valence-electron chi connectivity index (χ3n) is 20.1. The van der Waals surface area contributed by atoms with Gasteiger partial charge in [-0.15, -0.1) is 0 Å². The van der Waals surface area contributed by atoms with Crippen LogP contribution in [0.3, 0.4) is 0 Å². The Labute approximate surface area is 662 Å². The third kappa shape index (κ3) is 19.7. The van der Waals surface area contributed by atoms with Crippen molar-refractivity contribution in [2.75, 3.05) is 71.7 Å². The molecule has 18 rings (SSSR count). The molecular weight excluding hydrogens is 1360 g/mol. The molecule has 0 aromatic heterocycles. The van der Waals surface area contributed by atoms with Crippen LogP contribution in [0.2, 0.25) is 0 Å². The molecule has 0 fully saturated rings. The zero-order valence-corrected chi connectivity index (χ0v) is 64.6. The summed E-state index contributed by atoms with van der Waals surface area (Å²) in [4.78, 5) is 13.3. The predicted molar refractivity (Wildman–Crippen MR) is 487 cm³/mol. The van der Waals surface area contributed by atoms with Crippen LogP contribution in [0.5, 0.6) is 0 Å². The van der Waals surface area contributed by atoms with Crippen molar-refractivity contribution in [1.82, 2.24) is 0 Å². The van der Waals surface area contributed by atoms with Gasteiger partial charge in [0, 0.05) is 127 Å². The summed E-state index contributed by atoms with van der Waals surface area (Å²) in [7, 11) is 12.6. The van der Waals surface area contributed by atoms with E-state index in [0.717, 1.165) is 0 Å². The fraction of sp³-hybridized carbons (Fsp3) is 0.0566. The minimum absolute atomic E-state index is 1.19. The van der Waals surface area contributed by atoms with E-state index in [4.69, 9.17) is 0 Å². The zero-order valence-electron chi connectivity index (χ0n) is 64.6. The molecule has 0 heterocycles. The number of nitrogens with zero attached hydrogens (tertiary/aromatic N) is 6. The van der Waals surface area contributed by atoms with E-state index in [1.54, 1.807) is 0 Å². The fourth-order valence-corrected chi connectivity index (χ4v) is 13.7. The molecule has 0 aliphatic heterocycles. The zero-order chi connectivity index (χ0) is 77.1. The van der Waals surface area contributed by atoms with Crippen molar-refractivity contribution in [3.8, 4) is 22.3 Å². The smallest absolute Gasteiger partial charge is 0.0487 e. The van der Waals surface area contributed by atoms with Gasteiger partial charge >= 0.3 is 0 Å². The van der Waals surface area contributed by atoms with Gasteiger partial charge < -0.3 is 29.4 Å². The number of para-hydroxylation sites is 6. The first-order chi connectivity index (χ1) is 55.1. The first-order valence-corrected chi connectivity index (χ1v) is 38.1. The van der Waals surface area contributed by atoms with Crippen molar-refractivity contribution < 1.29 is 0 Å². The standard InChI is InChI=1S/C21H17N.2C19H17N.2C17H15N.C13H13N/c1-22(20-14-6-10-16-8-2-4-12-18(16)20)21-15-7-11-17-9-3-5-13-19(17)21;1-20(18-12-6-3-7-13-18)19-14-8-11-17(15-19)16-9-4-2-5-10-16;1-20(18-10-6-3-7-11-18)19-14-12-17(13-15-19)16-8-4-2-5-9-16;1-18(15-10-3-2-4-11-15)17-13-7-9-14-8-5-6-12-16(14)17;1-18(16-9-3-2-4-10-16)17-12-11-14-7-5-6-8-15(14)13-17;1-14(12-8-4-2-5-9-12)13-10-6-3-7-11-13/h2-15H,1H3;2*2-15H,1H3;2*2-13H,1H3;2-11H,1H3. The number of hydrogen-bond donors (Lipinski definition) is 0. The molecule has 0 aliphatic rings. The molecule has 18 aromatic rings. The lowest BCUT2D eigenvalue weighted by Gasteiger charge is -2.23. The molecule has 6 nitrogen and oxygen atoms in total. The number of fused-ring (bicyclic) bond motifs is 4. The van der Waals surface area contributed by atoms with E-state index in [1.807, 2.05) is 48.5 Å². The molecule has 0 bridgehead atoms. The molecule has 0 unspecified atom stereocenters. The molecule has 548 valence electrons. The molecule has 0 saturated heterocycles. The van der Waals surface area contributed by atoms with E-state index in [-0.39, 0.29) is 0 Å². The van der Waals surface area contributed by atoms with E-state index in [0.29, 0.717) is 0 Å². The van der Waals surface area contributed by atoms with Gasteiger partial charge in [0.05, 0.1) is 0 Å². The first kappa shape index (κ1) is 76.0. The Kier molecular flexibility index (Phi) is 26.2. The minimum atomic E-state index is 1.19. The Bertz CT molecular complexity index is 5720. The second kappa shape index (κ2) is 38.6.